The predicted molar refractivity (Wildman–Crippen MR) is 164 cm³/mol. The summed E-state index contributed by atoms with van der Waals surface area (Å²) in [5.41, 5.74) is 2.76. The maximum Gasteiger partial charge on any atom is 0.335 e. The van der Waals surface area contributed by atoms with Crippen LogP contribution in [0.5, 0.6) is 5.75 Å². The summed E-state index contributed by atoms with van der Waals surface area (Å²) in [7, 11) is 0. The number of carboxylic acid groups (broad SMARTS) is 1. The van der Waals surface area contributed by atoms with E-state index in [2.05, 4.69) is 66.1 Å². The Kier molecular flexibility index (Phi) is 9.12. The number of halogens is 3. The van der Waals surface area contributed by atoms with E-state index in [1.165, 1.54) is 23.9 Å². The molecule has 4 rings (SSSR count). The number of hydrogen-bond acceptors (Lipinski definition) is 5. The van der Waals surface area contributed by atoms with Crippen LogP contribution in [-0.4, -0.2) is 33.6 Å². The zero-order chi connectivity index (χ0) is 25.8. The Morgan fingerprint density at radius 3 is 2.33 bits per heavy atom. The lowest BCUT2D eigenvalue weighted by molar-refractivity contribution is -0.122. The second-order valence-electron chi connectivity index (χ2n) is 7.64. The van der Waals surface area contributed by atoms with Crippen molar-refractivity contribution in [3.05, 3.63) is 93.9 Å². The highest BCUT2D eigenvalue weighted by Crippen LogP contribution is 2.36. The van der Waals surface area contributed by atoms with Gasteiger partial charge in [0.05, 0.1) is 23.3 Å². The summed E-state index contributed by atoms with van der Waals surface area (Å²) in [6.45, 7) is 2.84. The molecule has 10 heteroatoms. The number of ether oxygens (including phenoxy) is 1. The van der Waals surface area contributed by atoms with Gasteiger partial charge in [0, 0.05) is 11.0 Å². The first-order valence-corrected chi connectivity index (χ1v) is 14.5. The standard InChI is InChI=1S/C26H19BrI2N2O4S/c1-2-31-24(32)22(36-26(31)30-19-9-5-17(6-10-19)25(33)34)13-16-11-20(28)23(21(29)12-16)35-14-15-3-7-18(27)8-4-15/h3-13H,2,14H2,1H3,(H,33,34)/b22-13-,30-26?. The van der Waals surface area contributed by atoms with Gasteiger partial charge in [-0.3, -0.25) is 9.69 Å². The lowest BCUT2D eigenvalue weighted by atomic mass is 10.2. The first-order valence-electron chi connectivity index (χ1n) is 10.7. The number of likely N-dealkylation sites (N-methyl/N-ethyl adjacent to an activating group) is 1. The van der Waals surface area contributed by atoms with Crippen molar-refractivity contribution in [2.24, 2.45) is 4.99 Å². The molecule has 0 unspecified atom stereocenters. The van der Waals surface area contributed by atoms with Gasteiger partial charge in [-0.1, -0.05) is 28.1 Å². The van der Waals surface area contributed by atoms with Gasteiger partial charge in [-0.25, -0.2) is 9.79 Å². The van der Waals surface area contributed by atoms with Crippen LogP contribution in [0.2, 0.25) is 0 Å². The molecule has 0 radical (unpaired) electrons. The summed E-state index contributed by atoms with van der Waals surface area (Å²) in [4.78, 5) is 30.9. The molecule has 1 aliphatic rings. The Morgan fingerprint density at radius 1 is 1.11 bits per heavy atom. The van der Waals surface area contributed by atoms with E-state index in [1.807, 2.05) is 49.4 Å². The maximum absolute atomic E-state index is 13.1. The molecule has 0 atom stereocenters. The van der Waals surface area contributed by atoms with E-state index in [0.29, 0.717) is 28.9 Å². The van der Waals surface area contributed by atoms with Crippen LogP contribution in [0.4, 0.5) is 5.69 Å². The highest BCUT2D eigenvalue weighted by Gasteiger charge is 2.32. The van der Waals surface area contributed by atoms with E-state index < -0.39 is 5.97 Å². The molecule has 0 bridgehead atoms. The summed E-state index contributed by atoms with van der Waals surface area (Å²) in [5.74, 6) is -0.285. The van der Waals surface area contributed by atoms with E-state index >= 15 is 0 Å². The number of carboxylic acids is 1. The van der Waals surface area contributed by atoms with Crippen molar-refractivity contribution in [3.63, 3.8) is 0 Å². The van der Waals surface area contributed by atoms with Gasteiger partial charge in [0.15, 0.2) is 5.17 Å². The third-order valence-corrected chi connectivity index (χ3v) is 8.30. The molecule has 1 saturated heterocycles. The molecule has 1 aliphatic heterocycles. The molecule has 1 N–H and O–H groups in total. The fraction of sp³-hybridized carbons (Fsp3) is 0.115. The monoisotopic (exact) mass is 788 g/mol. The minimum absolute atomic E-state index is 0.107. The third kappa shape index (κ3) is 6.50. The van der Waals surface area contributed by atoms with Gasteiger partial charge in [-0.2, -0.15) is 0 Å². The number of carbonyl (C=O) groups is 2. The van der Waals surface area contributed by atoms with Crippen molar-refractivity contribution in [1.29, 1.82) is 0 Å². The van der Waals surface area contributed by atoms with Crippen LogP contribution in [0.25, 0.3) is 6.08 Å². The van der Waals surface area contributed by atoms with Crippen LogP contribution in [-0.2, 0) is 11.4 Å². The molecule has 3 aromatic rings. The summed E-state index contributed by atoms with van der Waals surface area (Å²) in [6, 6.07) is 18.3. The SMILES string of the molecule is CCN1C(=O)/C(=C/c2cc(I)c(OCc3ccc(Br)cc3)c(I)c2)SC1=Nc1ccc(C(=O)O)cc1. The van der Waals surface area contributed by atoms with Crippen molar-refractivity contribution < 1.29 is 19.4 Å². The normalized spacial score (nSPS) is 15.7. The lowest BCUT2D eigenvalue weighted by Gasteiger charge is -2.12. The van der Waals surface area contributed by atoms with Gasteiger partial charge in [-0.05, 0) is 130 Å². The molecule has 6 nitrogen and oxygen atoms in total. The number of aromatic carboxylic acids is 1. The smallest absolute Gasteiger partial charge is 0.335 e. The minimum Gasteiger partial charge on any atom is -0.487 e. The van der Waals surface area contributed by atoms with E-state index in [1.54, 1.807) is 17.0 Å². The number of aliphatic imine (C=N–C) groups is 1. The zero-order valence-corrected chi connectivity index (χ0v) is 25.6. The fourth-order valence-electron chi connectivity index (χ4n) is 3.35. The number of amides is 1. The molecule has 0 spiro atoms. The van der Waals surface area contributed by atoms with Crippen LogP contribution >= 0.6 is 72.9 Å². The quantitative estimate of drug-likeness (QED) is 0.198. The number of hydrogen-bond donors (Lipinski definition) is 1. The number of amidine groups is 1. The number of thioether (sulfide) groups is 1. The summed E-state index contributed by atoms with van der Waals surface area (Å²) >= 11 is 9.26. The van der Waals surface area contributed by atoms with Gasteiger partial charge >= 0.3 is 5.97 Å². The molecule has 3 aromatic carbocycles. The summed E-state index contributed by atoms with van der Waals surface area (Å²) < 4.78 is 9.03. The topological polar surface area (TPSA) is 79.2 Å². The van der Waals surface area contributed by atoms with Crippen molar-refractivity contribution in [2.45, 2.75) is 13.5 Å². The minimum atomic E-state index is -0.992. The van der Waals surface area contributed by atoms with Gasteiger partial charge in [0.2, 0.25) is 0 Å². The van der Waals surface area contributed by atoms with Crippen LogP contribution in [0.1, 0.15) is 28.4 Å². The van der Waals surface area contributed by atoms with Crippen molar-refractivity contribution in [3.8, 4) is 5.75 Å². The average molecular weight is 789 g/mol. The van der Waals surface area contributed by atoms with Gasteiger partial charge in [0.25, 0.3) is 5.91 Å². The highest BCUT2D eigenvalue weighted by molar-refractivity contribution is 14.1. The summed E-state index contributed by atoms with van der Waals surface area (Å²) in [5, 5.41) is 9.65. The lowest BCUT2D eigenvalue weighted by Crippen LogP contribution is -2.28. The van der Waals surface area contributed by atoms with E-state index in [9.17, 15) is 9.59 Å². The average Bonchev–Trinajstić information content (AvgIpc) is 3.13. The van der Waals surface area contributed by atoms with Crippen molar-refractivity contribution >= 4 is 102 Å². The molecule has 1 heterocycles. The Hall–Kier alpha value is -1.90. The van der Waals surface area contributed by atoms with E-state index in [-0.39, 0.29) is 11.5 Å². The van der Waals surface area contributed by atoms with E-state index in [0.717, 1.165) is 28.5 Å². The van der Waals surface area contributed by atoms with E-state index in [4.69, 9.17) is 9.84 Å². The predicted octanol–water partition coefficient (Wildman–Crippen LogP) is 7.56. The molecule has 1 fully saturated rings. The largest absolute Gasteiger partial charge is 0.487 e. The molecule has 184 valence electrons. The van der Waals surface area contributed by atoms with Crippen molar-refractivity contribution in [2.75, 3.05) is 6.54 Å². The first kappa shape index (κ1) is 27.1. The van der Waals surface area contributed by atoms with Gasteiger partial charge in [0.1, 0.15) is 12.4 Å². The number of carbonyl (C=O) groups excluding carboxylic acids is 1. The molecule has 1 amide bonds. The van der Waals surface area contributed by atoms with Crippen LogP contribution in [0.3, 0.4) is 0 Å². The fourth-order valence-corrected chi connectivity index (χ4v) is 6.80. The Bertz CT molecular complexity index is 1350. The molecular formula is C26H19BrI2N2O4S. The van der Waals surface area contributed by atoms with Gasteiger partial charge in [-0.15, -0.1) is 0 Å². The zero-order valence-electron chi connectivity index (χ0n) is 18.9. The molecular weight excluding hydrogens is 770 g/mol. The summed E-state index contributed by atoms with van der Waals surface area (Å²) in [6.07, 6.45) is 1.87. The van der Waals surface area contributed by atoms with Crippen LogP contribution < -0.4 is 4.74 Å². The molecule has 36 heavy (non-hydrogen) atoms. The van der Waals surface area contributed by atoms with Crippen LogP contribution in [0, 0.1) is 7.14 Å². The second kappa shape index (κ2) is 12.1. The second-order valence-corrected chi connectivity index (χ2v) is 11.9. The van der Waals surface area contributed by atoms with Crippen molar-refractivity contribution in [1.82, 2.24) is 4.90 Å². The van der Waals surface area contributed by atoms with Gasteiger partial charge < -0.3 is 9.84 Å². The number of benzene rings is 3. The number of rotatable bonds is 7. The Balaban J connectivity index is 1.54. The Labute approximate surface area is 248 Å². The Morgan fingerprint density at radius 2 is 1.75 bits per heavy atom. The molecule has 0 aromatic heterocycles. The highest BCUT2D eigenvalue weighted by atomic mass is 127. The molecule has 0 saturated carbocycles. The van der Waals surface area contributed by atoms with Crippen LogP contribution in [0.15, 0.2) is 75.0 Å². The maximum atomic E-state index is 13.1. The number of nitrogens with zero attached hydrogens (tertiary/aromatic N) is 2. The first-order chi connectivity index (χ1) is 17.2. The molecule has 0 aliphatic carbocycles. The third-order valence-electron chi connectivity index (χ3n) is 5.16.